The highest BCUT2D eigenvalue weighted by atomic mass is 16.5. The van der Waals surface area contributed by atoms with E-state index in [0.29, 0.717) is 12.5 Å². The molecule has 6 nitrogen and oxygen atoms in total. The Morgan fingerprint density at radius 2 is 2.00 bits per heavy atom. The Hall–Kier alpha value is -2.34. The van der Waals surface area contributed by atoms with Gasteiger partial charge in [-0.25, -0.2) is 0 Å². The molecule has 2 bridgehead atoms. The van der Waals surface area contributed by atoms with Crippen LogP contribution in [-0.2, 0) is 14.3 Å². The molecule has 5 atom stereocenters. The van der Waals surface area contributed by atoms with Crippen LogP contribution in [0.2, 0.25) is 0 Å². The molecule has 2 amide bonds. The third-order valence-corrected chi connectivity index (χ3v) is 6.59. The summed E-state index contributed by atoms with van der Waals surface area (Å²) in [5.41, 5.74) is 0.0936. The first-order valence-electron chi connectivity index (χ1n) is 11.0. The molecule has 3 aliphatic rings. The molecule has 162 valence electrons. The number of methoxy groups -OCH3 is 1. The zero-order chi connectivity index (χ0) is 21.5. The first kappa shape index (κ1) is 20.9. The highest BCUT2D eigenvalue weighted by molar-refractivity contribution is 6.03. The van der Waals surface area contributed by atoms with Gasteiger partial charge < -0.3 is 19.7 Å². The number of fused-ring (bicyclic) bond motifs is 1. The van der Waals surface area contributed by atoms with E-state index in [4.69, 9.17) is 9.47 Å². The lowest BCUT2D eigenvalue weighted by molar-refractivity contribution is -0.132. The van der Waals surface area contributed by atoms with Crippen molar-refractivity contribution in [2.24, 2.45) is 17.8 Å². The predicted molar refractivity (Wildman–Crippen MR) is 115 cm³/mol. The largest absolute Gasteiger partial charge is 0.497 e. The van der Waals surface area contributed by atoms with Gasteiger partial charge in [-0.15, -0.1) is 0 Å². The minimum absolute atomic E-state index is 0.0420. The Labute approximate surface area is 178 Å². The van der Waals surface area contributed by atoms with Crippen molar-refractivity contribution in [2.45, 2.75) is 57.8 Å². The molecule has 2 saturated heterocycles. The van der Waals surface area contributed by atoms with Gasteiger partial charge in [0.25, 0.3) is 0 Å². The molecule has 2 fully saturated rings. The van der Waals surface area contributed by atoms with Gasteiger partial charge in [0, 0.05) is 11.7 Å². The lowest BCUT2D eigenvalue weighted by atomic mass is 9.76. The van der Waals surface area contributed by atoms with Crippen LogP contribution >= 0.6 is 0 Å². The standard InChI is InChI=1S/C24H32N2O4/c1-15(2)6-5-7-16(3)25-22(27)20-19-12-13-24(30-19)14-26(23(28)21(20)24)17-8-10-18(29-4)11-9-17/h8-13,15-16,19-21H,5-7,14H2,1-4H3,(H,25,27)/t16?,19-,20?,21+,24-/m1/s1. The molecule has 0 aromatic heterocycles. The number of nitrogens with one attached hydrogen (secondary N) is 1. The summed E-state index contributed by atoms with van der Waals surface area (Å²) in [7, 11) is 1.61. The smallest absolute Gasteiger partial charge is 0.234 e. The number of hydrogen-bond acceptors (Lipinski definition) is 4. The molecule has 1 aromatic carbocycles. The molecule has 6 heteroatoms. The molecule has 1 aromatic rings. The number of anilines is 1. The van der Waals surface area contributed by atoms with Gasteiger partial charge in [0.15, 0.2) is 0 Å². The second kappa shape index (κ2) is 8.06. The molecule has 0 saturated carbocycles. The van der Waals surface area contributed by atoms with Crippen molar-refractivity contribution < 1.29 is 19.1 Å². The van der Waals surface area contributed by atoms with Crippen LogP contribution < -0.4 is 15.0 Å². The molecule has 0 radical (unpaired) electrons. The normalized spacial score (nSPS) is 30.1. The van der Waals surface area contributed by atoms with Crippen molar-refractivity contribution in [2.75, 3.05) is 18.6 Å². The minimum Gasteiger partial charge on any atom is -0.497 e. The van der Waals surface area contributed by atoms with Gasteiger partial charge in [0.2, 0.25) is 11.8 Å². The SMILES string of the molecule is COc1ccc(N2C[C@@]34C=C[C@@H](O3)C(C(=O)NC(C)CCCC(C)C)[C@H]4C2=O)cc1. The van der Waals surface area contributed by atoms with Crippen molar-refractivity contribution in [3.8, 4) is 5.75 Å². The minimum atomic E-state index is -0.704. The van der Waals surface area contributed by atoms with Gasteiger partial charge in [0.1, 0.15) is 11.4 Å². The van der Waals surface area contributed by atoms with Crippen molar-refractivity contribution >= 4 is 17.5 Å². The predicted octanol–water partition coefficient (Wildman–Crippen LogP) is 3.31. The van der Waals surface area contributed by atoms with Crippen LogP contribution in [0.3, 0.4) is 0 Å². The number of hydrogen-bond donors (Lipinski definition) is 1. The maximum atomic E-state index is 13.4. The first-order valence-corrected chi connectivity index (χ1v) is 11.0. The fourth-order valence-electron chi connectivity index (χ4n) is 5.02. The molecule has 0 aliphatic carbocycles. The Morgan fingerprint density at radius 3 is 2.67 bits per heavy atom. The quantitative estimate of drug-likeness (QED) is 0.665. The molecule has 30 heavy (non-hydrogen) atoms. The van der Waals surface area contributed by atoms with Crippen molar-refractivity contribution in [3.63, 3.8) is 0 Å². The summed E-state index contributed by atoms with van der Waals surface area (Å²) in [4.78, 5) is 28.3. The van der Waals surface area contributed by atoms with E-state index in [1.165, 1.54) is 0 Å². The van der Waals surface area contributed by atoms with E-state index >= 15 is 0 Å². The molecule has 1 spiro atoms. The number of benzene rings is 1. The second-order valence-electron chi connectivity index (χ2n) is 9.26. The van der Waals surface area contributed by atoms with Crippen LogP contribution in [0.4, 0.5) is 5.69 Å². The molecule has 2 unspecified atom stereocenters. The zero-order valence-electron chi connectivity index (χ0n) is 18.3. The van der Waals surface area contributed by atoms with E-state index in [2.05, 4.69) is 19.2 Å². The van der Waals surface area contributed by atoms with E-state index in [9.17, 15) is 9.59 Å². The number of ether oxygens (including phenoxy) is 2. The maximum Gasteiger partial charge on any atom is 0.234 e. The van der Waals surface area contributed by atoms with Crippen LogP contribution in [0.15, 0.2) is 36.4 Å². The molecule has 1 N–H and O–H groups in total. The van der Waals surface area contributed by atoms with Gasteiger partial charge in [-0.2, -0.15) is 0 Å². The van der Waals surface area contributed by atoms with Gasteiger partial charge >= 0.3 is 0 Å². The fraction of sp³-hybridized carbons (Fsp3) is 0.583. The topological polar surface area (TPSA) is 67.9 Å². The van der Waals surface area contributed by atoms with Gasteiger partial charge in [-0.05, 0) is 43.5 Å². The molecule has 3 aliphatic heterocycles. The average Bonchev–Trinajstić information content (AvgIpc) is 3.36. The highest BCUT2D eigenvalue weighted by Gasteiger charge is 2.67. The summed E-state index contributed by atoms with van der Waals surface area (Å²) in [5.74, 6) is 0.343. The van der Waals surface area contributed by atoms with Crippen LogP contribution in [0.1, 0.15) is 40.0 Å². The number of carbonyl (C=O) groups excluding carboxylic acids is 2. The Balaban J connectivity index is 1.47. The Kier molecular flexibility index (Phi) is 5.62. The lowest BCUT2D eigenvalue weighted by Gasteiger charge is -2.25. The highest BCUT2D eigenvalue weighted by Crippen LogP contribution is 2.52. The molecule has 3 heterocycles. The van der Waals surface area contributed by atoms with Crippen molar-refractivity contribution in [3.05, 3.63) is 36.4 Å². The van der Waals surface area contributed by atoms with Crippen molar-refractivity contribution in [1.82, 2.24) is 5.32 Å². The summed E-state index contributed by atoms with van der Waals surface area (Å²) >= 11 is 0. The van der Waals surface area contributed by atoms with Crippen LogP contribution in [0.25, 0.3) is 0 Å². The number of amides is 2. The van der Waals surface area contributed by atoms with E-state index in [-0.39, 0.29) is 24.0 Å². The summed E-state index contributed by atoms with van der Waals surface area (Å²) in [6.45, 7) is 6.89. The summed E-state index contributed by atoms with van der Waals surface area (Å²) in [6.07, 6.45) is 6.80. The number of rotatable bonds is 8. The first-order chi connectivity index (χ1) is 14.3. The van der Waals surface area contributed by atoms with Crippen molar-refractivity contribution in [1.29, 1.82) is 0 Å². The average molecular weight is 413 g/mol. The van der Waals surface area contributed by atoms with Crippen LogP contribution in [0, 0.1) is 17.8 Å². The molecule has 4 rings (SSSR count). The number of carbonyl (C=O) groups is 2. The summed E-state index contributed by atoms with van der Waals surface area (Å²) < 4.78 is 11.4. The third-order valence-electron chi connectivity index (χ3n) is 6.59. The van der Waals surface area contributed by atoms with Crippen LogP contribution in [-0.4, -0.2) is 43.2 Å². The second-order valence-corrected chi connectivity index (χ2v) is 9.26. The Morgan fingerprint density at radius 1 is 1.27 bits per heavy atom. The fourth-order valence-corrected chi connectivity index (χ4v) is 5.02. The third kappa shape index (κ3) is 3.62. The molecular formula is C24H32N2O4. The molecular weight excluding hydrogens is 380 g/mol. The van der Waals surface area contributed by atoms with Crippen LogP contribution in [0.5, 0.6) is 5.75 Å². The van der Waals surface area contributed by atoms with E-state index in [1.54, 1.807) is 12.0 Å². The zero-order valence-corrected chi connectivity index (χ0v) is 18.3. The Bertz CT molecular complexity index is 834. The lowest BCUT2D eigenvalue weighted by Crippen LogP contribution is -2.46. The summed E-state index contributed by atoms with van der Waals surface area (Å²) in [6, 6.07) is 7.51. The number of nitrogens with zero attached hydrogens (tertiary/aromatic N) is 1. The van der Waals surface area contributed by atoms with Gasteiger partial charge in [0.05, 0.1) is 31.6 Å². The maximum absolute atomic E-state index is 13.4. The van der Waals surface area contributed by atoms with E-state index < -0.39 is 17.4 Å². The monoisotopic (exact) mass is 412 g/mol. The van der Waals surface area contributed by atoms with E-state index in [1.807, 2.05) is 43.3 Å². The summed E-state index contributed by atoms with van der Waals surface area (Å²) in [5, 5.41) is 3.14. The van der Waals surface area contributed by atoms with E-state index in [0.717, 1.165) is 30.7 Å². The van der Waals surface area contributed by atoms with Gasteiger partial charge in [-0.3, -0.25) is 9.59 Å². The van der Waals surface area contributed by atoms with Gasteiger partial charge in [-0.1, -0.05) is 38.8 Å².